The Kier molecular flexibility index (Phi) is 8.15. The van der Waals surface area contributed by atoms with Crippen molar-refractivity contribution in [1.82, 2.24) is 15.3 Å². The molecule has 160 valence electrons. The third kappa shape index (κ3) is 6.32. The van der Waals surface area contributed by atoms with Crippen molar-refractivity contribution in [2.75, 3.05) is 23.7 Å². The maximum absolute atomic E-state index is 12.9. The monoisotopic (exact) mass is 420 g/mol. The number of anilines is 1. The van der Waals surface area contributed by atoms with Crippen LogP contribution in [0.1, 0.15) is 75.1 Å². The lowest BCUT2D eigenvalue weighted by atomic mass is 9.95. The van der Waals surface area contributed by atoms with Gasteiger partial charge in [0.1, 0.15) is 5.03 Å². The van der Waals surface area contributed by atoms with E-state index in [1.54, 1.807) is 18.0 Å². The van der Waals surface area contributed by atoms with Crippen LogP contribution < -0.4 is 10.2 Å². The van der Waals surface area contributed by atoms with Gasteiger partial charge < -0.3 is 15.3 Å². The van der Waals surface area contributed by atoms with Gasteiger partial charge in [0.25, 0.3) is 5.91 Å². The number of rotatable bonds is 8. The SMILES string of the molecule is CCCSc1nc(N2CCCC(CC(=O)O)C2)ncc1C(=O)NC1CCCCC1. The summed E-state index contributed by atoms with van der Waals surface area (Å²) >= 11 is 1.59. The second-order valence-electron chi connectivity index (χ2n) is 8.10. The number of aliphatic carboxylic acids is 1. The fraction of sp³-hybridized carbons (Fsp3) is 0.714. The minimum atomic E-state index is -0.758. The van der Waals surface area contributed by atoms with E-state index in [4.69, 9.17) is 10.1 Å². The molecule has 1 aliphatic heterocycles. The number of amides is 1. The Balaban J connectivity index is 1.74. The molecule has 1 aromatic heterocycles. The van der Waals surface area contributed by atoms with Gasteiger partial charge in [0.2, 0.25) is 5.95 Å². The molecule has 0 spiro atoms. The highest BCUT2D eigenvalue weighted by atomic mass is 32.2. The lowest BCUT2D eigenvalue weighted by Crippen LogP contribution is -2.38. The number of nitrogens with zero attached hydrogens (tertiary/aromatic N) is 3. The molecule has 0 bridgehead atoms. The third-order valence-corrected chi connectivity index (χ3v) is 6.83. The largest absolute Gasteiger partial charge is 0.481 e. The first-order valence-electron chi connectivity index (χ1n) is 10.8. The van der Waals surface area contributed by atoms with Crippen LogP contribution in [0.5, 0.6) is 0 Å². The number of carbonyl (C=O) groups is 2. The van der Waals surface area contributed by atoms with Gasteiger partial charge in [-0.2, -0.15) is 0 Å². The summed E-state index contributed by atoms with van der Waals surface area (Å²) in [5.41, 5.74) is 0.553. The van der Waals surface area contributed by atoms with Gasteiger partial charge in [-0.3, -0.25) is 9.59 Å². The normalized spacial score (nSPS) is 20.4. The summed E-state index contributed by atoms with van der Waals surface area (Å²) < 4.78 is 0. The molecular weight excluding hydrogens is 388 g/mol. The van der Waals surface area contributed by atoms with Gasteiger partial charge >= 0.3 is 5.97 Å². The van der Waals surface area contributed by atoms with Crippen molar-refractivity contribution in [3.8, 4) is 0 Å². The average molecular weight is 421 g/mol. The van der Waals surface area contributed by atoms with Gasteiger partial charge in [0.05, 0.1) is 5.56 Å². The van der Waals surface area contributed by atoms with Crippen molar-refractivity contribution in [3.63, 3.8) is 0 Å². The number of hydrogen-bond donors (Lipinski definition) is 2. The molecule has 1 aliphatic carbocycles. The molecule has 0 aromatic carbocycles. The second-order valence-corrected chi connectivity index (χ2v) is 9.18. The lowest BCUT2D eigenvalue weighted by Gasteiger charge is -2.32. The van der Waals surface area contributed by atoms with E-state index in [9.17, 15) is 9.59 Å². The summed E-state index contributed by atoms with van der Waals surface area (Å²) in [5.74, 6) is 0.775. The van der Waals surface area contributed by atoms with Crippen LogP contribution in [-0.2, 0) is 4.79 Å². The molecule has 1 saturated heterocycles. The van der Waals surface area contributed by atoms with E-state index < -0.39 is 5.97 Å². The Morgan fingerprint density at radius 1 is 1.24 bits per heavy atom. The van der Waals surface area contributed by atoms with Crippen LogP contribution in [0, 0.1) is 5.92 Å². The Morgan fingerprint density at radius 3 is 2.76 bits per heavy atom. The van der Waals surface area contributed by atoms with Crippen LogP contribution in [0.15, 0.2) is 11.2 Å². The van der Waals surface area contributed by atoms with Gasteiger partial charge in [-0.15, -0.1) is 11.8 Å². The highest BCUT2D eigenvalue weighted by Crippen LogP contribution is 2.27. The minimum Gasteiger partial charge on any atom is -0.481 e. The molecule has 1 aromatic rings. The molecule has 2 aliphatic rings. The molecule has 1 unspecified atom stereocenters. The van der Waals surface area contributed by atoms with E-state index in [0.29, 0.717) is 18.1 Å². The van der Waals surface area contributed by atoms with E-state index in [-0.39, 0.29) is 24.3 Å². The highest BCUT2D eigenvalue weighted by Gasteiger charge is 2.26. The van der Waals surface area contributed by atoms with Gasteiger partial charge in [0.15, 0.2) is 0 Å². The van der Waals surface area contributed by atoms with Crippen LogP contribution >= 0.6 is 11.8 Å². The summed E-state index contributed by atoms with van der Waals surface area (Å²) in [7, 11) is 0. The molecule has 1 amide bonds. The lowest BCUT2D eigenvalue weighted by molar-refractivity contribution is -0.138. The second kappa shape index (κ2) is 10.8. The Hall–Kier alpha value is -1.83. The fourth-order valence-electron chi connectivity index (χ4n) is 4.14. The molecular formula is C21H32N4O3S. The summed E-state index contributed by atoms with van der Waals surface area (Å²) in [4.78, 5) is 35.2. The predicted molar refractivity (Wildman–Crippen MR) is 115 cm³/mol. The Morgan fingerprint density at radius 2 is 2.03 bits per heavy atom. The van der Waals surface area contributed by atoms with Crippen LogP contribution in [0.2, 0.25) is 0 Å². The van der Waals surface area contributed by atoms with Crippen molar-refractivity contribution in [3.05, 3.63) is 11.8 Å². The van der Waals surface area contributed by atoms with Crippen LogP contribution in [0.4, 0.5) is 5.95 Å². The first kappa shape index (κ1) is 21.9. The summed E-state index contributed by atoms with van der Waals surface area (Å²) in [5, 5.41) is 13.0. The van der Waals surface area contributed by atoms with Gasteiger partial charge in [-0.05, 0) is 43.8 Å². The maximum atomic E-state index is 12.9. The minimum absolute atomic E-state index is 0.0792. The van der Waals surface area contributed by atoms with Crippen molar-refractivity contribution in [2.24, 2.45) is 5.92 Å². The van der Waals surface area contributed by atoms with Gasteiger partial charge in [0, 0.05) is 31.7 Å². The average Bonchev–Trinajstić information content (AvgIpc) is 2.72. The van der Waals surface area contributed by atoms with Crippen molar-refractivity contribution in [2.45, 2.75) is 75.8 Å². The van der Waals surface area contributed by atoms with Gasteiger partial charge in [-0.25, -0.2) is 9.97 Å². The molecule has 29 heavy (non-hydrogen) atoms. The van der Waals surface area contributed by atoms with Gasteiger partial charge in [-0.1, -0.05) is 26.2 Å². The van der Waals surface area contributed by atoms with E-state index in [2.05, 4.69) is 22.1 Å². The molecule has 2 fully saturated rings. The van der Waals surface area contributed by atoms with Crippen molar-refractivity contribution < 1.29 is 14.7 Å². The number of aromatic nitrogens is 2. The van der Waals surface area contributed by atoms with Crippen LogP contribution in [-0.4, -0.2) is 51.8 Å². The number of piperidine rings is 1. The third-order valence-electron chi connectivity index (χ3n) is 5.63. The Bertz CT molecular complexity index is 709. The van der Waals surface area contributed by atoms with E-state index in [0.717, 1.165) is 49.4 Å². The molecule has 3 rings (SSSR count). The number of carboxylic acid groups (broad SMARTS) is 1. The number of carboxylic acids is 1. The number of nitrogens with one attached hydrogen (secondary N) is 1. The molecule has 8 heteroatoms. The van der Waals surface area contributed by atoms with E-state index in [1.807, 2.05) is 0 Å². The van der Waals surface area contributed by atoms with Crippen molar-refractivity contribution >= 4 is 29.6 Å². The van der Waals surface area contributed by atoms with Crippen molar-refractivity contribution in [1.29, 1.82) is 0 Å². The quantitative estimate of drug-likeness (QED) is 0.489. The highest BCUT2D eigenvalue weighted by molar-refractivity contribution is 7.99. The molecule has 7 nitrogen and oxygen atoms in total. The van der Waals surface area contributed by atoms with E-state index in [1.165, 1.54) is 19.3 Å². The van der Waals surface area contributed by atoms with Crippen LogP contribution in [0.3, 0.4) is 0 Å². The zero-order valence-corrected chi connectivity index (χ0v) is 18.0. The summed E-state index contributed by atoms with van der Waals surface area (Å²) in [6, 6.07) is 0.249. The number of hydrogen-bond acceptors (Lipinski definition) is 6. The zero-order valence-electron chi connectivity index (χ0n) is 17.2. The standard InChI is InChI=1S/C21H32N4O3S/c1-2-11-29-20-17(19(28)23-16-8-4-3-5-9-16)13-22-21(24-20)25-10-6-7-15(14-25)12-18(26)27/h13,15-16H,2-12,14H2,1H3,(H,23,28)(H,26,27). The van der Waals surface area contributed by atoms with Crippen LogP contribution in [0.25, 0.3) is 0 Å². The van der Waals surface area contributed by atoms with E-state index >= 15 is 0 Å². The summed E-state index contributed by atoms with van der Waals surface area (Å²) in [6.45, 7) is 3.58. The topological polar surface area (TPSA) is 95.4 Å². The number of carbonyl (C=O) groups excluding carboxylic acids is 1. The fourth-order valence-corrected chi connectivity index (χ4v) is 4.99. The molecule has 0 radical (unpaired) electrons. The molecule has 1 atom stereocenters. The Labute approximate surface area is 177 Å². The maximum Gasteiger partial charge on any atom is 0.303 e. The first-order chi connectivity index (χ1) is 14.1. The molecule has 2 heterocycles. The first-order valence-corrected chi connectivity index (χ1v) is 11.8. The molecule has 1 saturated carbocycles. The summed E-state index contributed by atoms with van der Waals surface area (Å²) in [6.07, 6.45) is 10.4. The predicted octanol–water partition coefficient (Wildman–Crippen LogP) is 3.73. The smallest absolute Gasteiger partial charge is 0.303 e. The molecule has 2 N–H and O–H groups in total. The number of thioether (sulfide) groups is 1. The zero-order chi connectivity index (χ0) is 20.6.